The lowest BCUT2D eigenvalue weighted by Crippen LogP contribution is -2.30. The zero-order valence-corrected chi connectivity index (χ0v) is 9.09. The van der Waals surface area contributed by atoms with Crippen LogP contribution >= 0.6 is 11.6 Å². The summed E-state index contributed by atoms with van der Waals surface area (Å²) in [7, 11) is 0. The highest BCUT2D eigenvalue weighted by Gasteiger charge is 2.25. The van der Waals surface area contributed by atoms with Crippen LogP contribution in [0.2, 0.25) is 0 Å². The molecule has 0 radical (unpaired) electrons. The molecule has 1 nitrogen and oxygen atoms in total. The number of halogens is 4. The van der Waals surface area contributed by atoms with Gasteiger partial charge in [-0.05, 0) is 25.8 Å². The molecule has 0 saturated carbocycles. The fourth-order valence-corrected chi connectivity index (χ4v) is 1.44. The molecular formula is C9H17ClF3N. The van der Waals surface area contributed by atoms with Crippen molar-refractivity contribution in [3.63, 3.8) is 0 Å². The van der Waals surface area contributed by atoms with E-state index in [2.05, 4.69) is 5.32 Å². The van der Waals surface area contributed by atoms with E-state index in [9.17, 15) is 13.2 Å². The highest BCUT2D eigenvalue weighted by atomic mass is 35.5. The zero-order valence-electron chi connectivity index (χ0n) is 8.33. The van der Waals surface area contributed by atoms with Crippen molar-refractivity contribution in [3.05, 3.63) is 0 Å². The quantitative estimate of drug-likeness (QED) is 0.524. The van der Waals surface area contributed by atoms with Crippen molar-refractivity contribution in [1.82, 2.24) is 5.32 Å². The van der Waals surface area contributed by atoms with E-state index in [1.807, 2.05) is 6.92 Å². The van der Waals surface area contributed by atoms with Crippen LogP contribution in [0.4, 0.5) is 13.2 Å². The molecule has 0 aromatic rings. The van der Waals surface area contributed by atoms with Gasteiger partial charge in [0, 0.05) is 18.3 Å². The predicted molar refractivity (Wildman–Crippen MR) is 52.7 cm³/mol. The maximum atomic E-state index is 11.8. The molecule has 1 N–H and O–H groups in total. The summed E-state index contributed by atoms with van der Waals surface area (Å²) in [5.41, 5.74) is 0. The lowest BCUT2D eigenvalue weighted by molar-refractivity contribution is -0.135. The Labute approximate surface area is 88.0 Å². The SMILES string of the molecule is CCC(CCCl)NCCCC(F)(F)F. The molecule has 0 spiro atoms. The van der Waals surface area contributed by atoms with Gasteiger partial charge in [-0.1, -0.05) is 6.92 Å². The summed E-state index contributed by atoms with van der Waals surface area (Å²) < 4.78 is 35.3. The highest BCUT2D eigenvalue weighted by molar-refractivity contribution is 6.17. The normalized spacial score (nSPS) is 14.4. The average Bonchev–Trinajstić information content (AvgIpc) is 2.08. The Kier molecular flexibility index (Phi) is 7.37. The van der Waals surface area contributed by atoms with E-state index in [1.165, 1.54) is 0 Å². The second-order valence-corrected chi connectivity index (χ2v) is 3.63. The van der Waals surface area contributed by atoms with Gasteiger partial charge in [0.2, 0.25) is 0 Å². The molecule has 0 saturated heterocycles. The van der Waals surface area contributed by atoms with E-state index in [0.29, 0.717) is 12.4 Å². The van der Waals surface area contributed by atoms with E-state index in [0.717, 1.165) is 12.8 Å². The number of alkyl halides is 4. The maximum Gasteiger partial charge on any atom is 0.389 e. The molecule has 0 fully saturated rings. The van der Waals surface area contributed by atoms with Crippen molar-refractivity contribution >= 4 is 11.6 Å². The van der Waals surface area contributed by atoms with Crippen molar-refractivity contribution in [3.8, 4) is 0 Å². The van der Waals surface area contributed by atoms with Crippen LogP contribution in [0, 0.1) is 0 Å². The van der Waals surface area contributed by atoms with Gasteiger partial charge in [-0.15, -0.1) is 11.6 Å². The van der Waals surface area contributed by atoms with E-state index < -0.39 is 12.6 Å². The molecule has 0 aromatic heterocycles. The van der Waals surface area contributed by atoms with Gasteiger partial charge in [-0.3, -0.25) is 0 Å². The van der Waals surface area contributed by atoms with Crippen LogP contribution in [0.25, 0.3) is 0 Å². The summed E-state index contributed by atoms with van der Waals surface area (Å²) in [5, 5.41) is 3.06. The van der Waals surface area contributed by atoms with Crippen LogP contribution in [0.3, 0.4) is 0 Å². The van der Waals surface area contributed by atoms with Gasteiger partial charge in [0.1, 0.15) is 0 Å². The molecule has 0 rings (SSSR count). The van der Waals surface area contributed by atoms with Gasteiger partial charge in [0.25, 0.3) is 0 Å². The Hall–Kier alpha value is 0.0400. The number of nitrogens with one attached hydrogen (secondary N) is 1. The summed E-state index contributed by atoms with van der Waals surface area (Å²) >= 11 is 5.54. The monoisotopic (exact) mass is 231 g/mol. The Morgan fingerprint density at radius 3 is 2.43 bits per heavy atom. The number of hydrogen-bond donors (Lipinski definition) is 1. The van der Waals surface area contributed by atoms with Crippen molar-refractivity contribution in [2.24, 2.45) is 0 Å². The van der Waals surface area contributed by atoms with Crippen LogP contribution in [0.1, 0.15) is 32.6 Å². The van der Waals surface area contributed by atoms with Gasteiger partial charge in [-0.2, -0.15) is 13.2 Å². The van der Waals surface area contributed by atoms with E-state index >= 15 is 0 Å². The molecule has 5 heteroatoms. The average molecular weight is 232 g/mol. The van der Waals surface area contributed by atoms with E-state index in [4.69, 9.17) is 11.6 Å². The fraction of sp³-hybridized carbons (Fsp3) is 1.00. The van der Waals surface area contributed by atoms with Gasteiger partial charge >= 0.3 is 6.18 Å². The Bertz CT molecular complexity index is 139. The standard InChI is InChI=1S/C9H17ClF3N/c1-2-8(4-6-10)14-7-3-5-9(11,12)13/h8,14H,2-7H2,1H3. The third-order valence-corrected chi connectivity index (χ3v) is 2.24. The van der Waals surface area contributed by atoms with Crippen molar-refractivity contribution in [2.75, 3.05) is 12.4 Å². The summed E-state index contributed by atoms with van der Waals surface area (Å²) in [6.07, 6.45) is -2.89. The minimum absolute atomic E-state index is 0.141. The van der Waals surface area contributed by atoms with E-state index in [1.54, 1.807) is 0 Å². The van der Waals surface area contributed by atoms with Crippen LogP contribution in [-0.2, 0) is 0 Å². The highest BCUT2D eigenvalue weighted by Crippen LogP contribution is 2.20. The molecule has 86 valence electrons. The van der Waals surface area contributed by atoms with Crippen LogP contribution < -0.4 is 5.32 Å². The van der Waals surface area contributed by atoms with Gasteiger partial charge < -0.3 is 5.32 Å². The van der Waals surface area contributed by atoms with Gasteiger partial charge in [0.15, 0.2) is 0 Å². The second-order valence-electron chi connectivity index (χ2n) is 3.26. The lowest BCUT2D eigenvalue weighted by Gasteiger charge is -2.15. The molecule has 1 atom stereocenters. The molecule has 0 bridgehead atoms. The van der Waals surface area contributed by atoms with E-state index in [-0.39, 0.29) is 12.5 Å². The first kappa shape index (κ1) is 14.0. The van der Waals surface area contributed by atoms with Gasteiger partial charge in [-0.25, -0.2) is 0 Å². The third kappa shape index (κ3) is 8.63. The molecule has 0 heterocycles. The minimum atomic E-state index is -4.03. The Balaban J connectivity index is 3.42. The lowest BCUT2D eigenvalue weighted by atomic mass is 10.1. The summed E-state index contributed by atoms with van der Waals surface area (Å²) in [5.74, 6) is 0.546. The fourth-order valence-electron chi connectivity index (χ4n) is 1.18. The largest absolute Gasteiger partial charge is 0.389 e. The first-order valence-electron chi connectivity index (χ1n) is 4.85. The molecule has 0 aliphatic heterocycles. The van der Waals surface area contributed by atoms with Gasteiger partial charge in [0.05, 0.1) is 0 Å². The molecule has 0 aliphatic carbocycles. The molecule has 0 amide bonds. The first-order valence-corrected chi connectivity index (χ1v) is 5.39. The summed E-state index contributed by atoms with van der Waals surface area (Å²) in [6, 6.07) is 0.251. The van der Waals surface area contributed by atoms with Crippen molar-refractivity contribution < 1.29 is 13.2 Å². The van der Waals surface area contributed by atoms with Crippen molar-refractivity contribution in [2.45, 2.75) is 44.8 Å². The van der Waals surface area contributed by atoms with Crippen LogP contribution in [-0.4, -0.2) is 24.6 Å². The van der Waals surface area contributed by atoms with Crippen LogP contribution in [0.5, 0.6) is 0 Å². The number of rotatable bonds is 7. The summed E-state index contributed by atoms with van der Waals surface area (Å²) in [4.78, 5) is 0. The molecular weight excluding hydrogens is 215 g/mol. The predicted octanol–water partition coefficient (Wildman–Crippen LogP) is 3.33. The first-order chi connectivity index (χ1) is 6.49. The topological polar surface area (TPSA) is 12.0 Å². The maximum absolute atomic E-state index is 11.8. The van der Waals surface area contributed by atoms with Crippen molar-refractivity contribution in [1.29, 1.82) is 0 Å². The summed E-state index contributed by atoms with van der Waals surface area (Å²) in [6.45, 7) is 2.41. The smallest absolute Gasteiger partial charge is 0.314 e. The molecule has 0 aliphatic rings. The van der Waals surface area contributed by atoms with Crippen LogP contribution in [0.15, 0.2) is 0 Å². The third-order valence-electron chi connectivity index (χ3n) is 2.02. The zero-order chi connectivity index (χ0) is 11.0. The molecule has 0 aromatic carbocycles. The minimum Gasteiger partial charge on any atom is -0.314 e. The number of hydrogen-bond acceptors (Lipinski definition) is 1. The second kappa shape index (κ2) is 7.35. The molecule has 1 unspecified atom stereocenters. The molecule has 14 heavy (non-hydrogen) atoms. The Morgan fingerprint density at radius 1 is 1.36 bits per heavy atom. The Morgan fingerprint density at radius 2 is 2.00 bits per heavy atom.